The number of hydrogen-bond acceptors (Lipinski definition) is 5. The normalized spacial score (nSPS) is 12.9. The maximum atomic E-state index is 13.4. The number of halogens is 2. The average Bonchev–Trinajstić information content (AvgIpc) is 3.16. The van der Waals surface area contributed by atoms with E-state index in [1.165, 1.54) is 23.5 Å². The highest BCUT2D eigenvalue weighted by Gasteiger charge is 2.12. The molecule has 0 aliphatic carbocycles. The number of nitrogens with zero attached hydrogens (tertiary/aromatic N) is 1. The standard InChI is InChI=1S/C20H14F2N2O3S/c21-14-4-3-13(10-15(14)22)16-11-28-20(23-16)24-19(25)6-2-12-1-5-17-18(9-12)27-8-7-26-17/h1-6,9-11H,7-8H2,(H,23,24,25)/b6-2+. The van der Waals surface area contributed by atoms with Crippen LogP contribution in [0.25, 0.3) is 17.3 Å². The summed E-state index contributed by atoms with van der Waals surface area (Å²) in [5.41, 5.74) is 1.68. The van der Waals surface area contributed by atoms with Crippen LogP contribution in [0.4, 0.5) is 13.9 Å². The first-order valence-electron chi connectivity index (χ1n) is 8.38. The first kappa shape index (κ1) is 18.1. The number of thiazole rings is 1. The molecule has 0 atom stereocenters. The molecule has 0 saturated heterocycles. The summed E-state index contributed by atoms with van der Waals surface area (Å²) in [4.78, 5) is 16.4. The Morgan fingerprint density at radius 3 is 2.71 bits per heavy atom. The van der Waals surface area contributed by atoms with E-state index in [1.807, 2.05) is 6.07 Å². The number of amides is 1. The van der Waals surface area contributed by atoms with Crippen LogP contribution in [0.2, 0.25) is 0 Å². The summed E-state index contributed by atoms with van der Waals surface area (Å²) >= 11 is 1.19. The summed E-state index contributed by atoms with van der Waals surface area (Å²) in [6, 6.07) is 8.95. The van der Waals surface area contributed by atoms with Gasteiger partial charge in [-0.2, -0.15) is 0 Å². The smallest absolute Gasteiger partial charge is 0.250 e. The first-order valence-corrected chi connectivity index (χ1v) is 9.26. The lowest BCUT2D eigenvalue weighted by molar-refractivity contribution is -0.111. The van der Waals surface area contributed by atoms with Gasteiger partial charge in [-0.1, -0.05) is 6.07 Å². The maximum absolute atomic E-state index is 13.4. The van der Waals surface area contributed by atoms with Gasteiger partial charge in [0.1, 0.15) is 13.2 Å². The molecule has 4 rings (SSSR count). The zero-order valence-electron chi connectivity index (χ0n) is 14.4. The number of fused-ring (bicyclic) bond motifs is 1. The van der Waals surface area contributed by atoms with Crippen LogP contribution < -0.4 is 14.8 Å². The lowest BCUT2D eigenvalue weighted by atomic mass is 10.2. The zero-order chi connectivity index (χ0) is 19.5. The van der Waals surface area contributed by atoms with E-state index < -0.39 is 11.6 Å². The number of rotatable bonds is 4. The Morgan fingerprint density at radius 1 is 1.07 bits per heavy atom. The van der Waals surface area contributed by atoms with Crippen LogP contribution in [0.15, 0.2) is 47.9 Å². The van der Waals surface area contributed by atoms with Gasteiger partial charge in [0.05, 0.1) is 5.69 Å². The topological polar surface area (TPSA) is 60.5 Å². The van der Waals surface area contributed by atoms with Crippen molar-refractivity contribution in [3.05, 3.63) is 65.1 Å². The van der Waals surface area contributed by atoms with Gasteiger partial charge in [0.2, 0.25) is 5.91 Å². The second-order valence-corrected chi connectivity index (χ2v) is 6.75. The van der Waals surface area contributed by atoms with Crippen LogP contribution in [0, 0.1) is 11.6 Å². The number of anilines is 1. The number of ether oxygens (including phenoxy) is 2. The molecule has 5 nitrogen and oxygen atoms in total. The van der Waals surface area contributed by atoms with Crippen LogP contribution in [-0.2, 0) is 4.79 Å². The summed E-state index contributed by atoms with van der Waals surface area (Å²) in [6.07, 6.45) is 3.03. The van der Waals surface area contributed by atoms with Gasteiger partial charge in [-0.15, -0.1) is 11.3 Å². The molecule has 0 spiro atoms. The Bertz CT molecular complexity index is 1070. The average molecular weight is 400 g/mol. The molecule has 1 N–H and O–H groups in total. The van der Waals surface area contributed by atoms with Crippen LogP contribution in [-0.4, -0.2) is 24.1 Å². The van der Waals surface area contributed by atoms with Crippen molar-refractivity contribution in [3.63, 3.8) is 0 Å². The van der Waals surface area contributed by atoms with Gasteiger partial charge in [0.25, 0.3) is 0 Å². The lowest BCUT2D eigenvalue weighted by Crippen LogP contribution is -2.15. The molecular weight excluding hydrogens is 386 g/mol. The second-order valence-electron chi connectivity index (χ2n) is 5.89. The highest BCUT2D eigenvalue weighted by molar-refractivity contribution is 7.14. The van der Waals surface area contributed by atoms with Crippen molar-refractivity contribution in [1.82, 2.24) is 4.98 Å². The van der Waals surface area contributed by atoms with Gasteiger partial charge in [-0.25, -0.2) is 13.8 Å². The molecule has 2 heterocycles. The number of hydrogen-bond donors (Lipinski definition) is 1. The van der Waals surface area contributed by atoms with E-state index in [0.717, 1.165) is 17.7 Å². The third-order valence-electron chi connectivity index (χ3n) is 3.94. The van der Waals surface area contributed by atoms with Crippen molar-refractivity contribution >= 4 is 28.5 Å². The Balaban J connectivity index is 1.42. The van der Waals surface area contributed by atoms with Gasteiger partial charge < -0.3 is 9.47 Å². The summed E-state index contributed by atoms with van der Waals surface area (Å²) in [5, 5.41) is 4.67. The fourth-order valence-corrected chi connectivity index (χ4v) is 3.32. The van der Waals surface area contributed by atoms with Crippen molar-refractivity contribution in [1.29, 1.82) is 0 Å². The molecule has 8 heteroatoms. The minimum absolute atomic E-state index is 0.358. The van der Waals surface area contributed by atoms with Crippen molar-refractivity contribution in [2.24, 2.45) is 0 Å². The fraction of sp³-hybridized carbons (Fsp3) is 0.100. The summed E-state index contributed by atoms with van der Waals surface area (Å²) in [6.45, 7) is 1.01. The van der Waals surface area contributed by atoms with E-state index in [2.05, 4.69) is 10.3 Å². The SMILES string of the molecule is O=C(/C=C/c1ccc2c(c1)OCCO2)Nc1nc(-c2ccc(F)c(F)c2)cs1. The molecule has 142 valence electrons. The molecule has 28 heavy (non-hydrogen) atoms. The quantitative estimate of drug-likeness (QED) is 0.655. The minimum Gasteiger partial charge on any atom is -0.486 e. The maximum Gasteiger partial charge on any atom is 0.250 e. The van der Waals surface area contributed by atoms with Crippen LogP contribution in [0.1, 0.15) is 5.56 Å². The highest BCUT2D eigenvalue weighted by Crippen LogP contribution is 2.31. The van der Waals surface area contributed by atoms with Crippen molar-refractivity contribution in [2.45, 2.75) is 0 Å². The van der Waals surface area contributed by atoms with Gasteiger partial charge in [0.15, 0.2) is 28.3 Å². The van der Waals surface area contributed by atoms with E-state index >= 15 is 0 Å². The molecule has 0 fully saturated rings. The van der Waals surface area contributed by atoms with E-state index in [1.54, 1.807) is 23.6 Å². The van der Waals surface area contributed by atoms with Gasteiger partial charge in [0, 0.05) is 17.0 Å². The summed E-state index contributed by atoms with van der Waals surface area (Å²) < 4.78 is 37.4. The zero-order valence-corrected chi connectivity index (χ0v) is 15.3. The van der Waals surface area contributed by atoms with Gasteiger partial charge in [-0.05, 0) is 42.0 Å². The van der Waals surface area contributed by atoms with Gasteiger partial charge in [-0.3, -0.25) is 10.1 Å². The van der Waals surface area contributed by atoms with Crippen molar-refractivity contribution in [2.75, 3.05) is 18.5 Å². The molecule has 2 aromatic carbocycles. The third-order valence-corrected chi connectivity index (χ3v) is 4.70. The van der Waals surface area contributed by atoms with E-state index in [4.69, 9.17) is 9.47 Å². The molecule has 1 aliphatic rings. The molecule has 3 aromatic rings. The highest BCUT2D eigenvalue weighted by atomic mass is 32.1. The van der Waals surface area contributed by atoms with Crippen molar-refractivity contribution < 1.29 is 23.0 Å². The molecule has 0 radical (unpaired) electrons. The van der Waals surface area contributed by atoms with E-state index in [9.17, 15) is 13.6 Å². The van der Waals surface area contributed by atoms with E-state index in [0.29, 0.717) is 41.1 Å². The van der Waals surface area contributed by atoms with E-state index in [-0.39, 0.29) is 5.91 Å². The van der Waals surface area contributed by atoms with Crippen LogP contribution in [0.3, 0.4) is 0 Å². The lowest BCUT2D eigenvalue weighted by Gasteiger charge is -2.18. The number of carbonyl (C=O) groups excluding carboxylic acids is 1. The number of carbonyl (C=O) groups is 1. The predicted molar refractivity (Wildman–Crippen MR) is 103 cm³/mol. The molecular formula is C20H14F2N2O3S. The van der Waals surface area contributed by atoms with Crippen LogP contribution >= 0.6 is 11.3 Å². The molecule has 1 aromatic heterocycles. The Morgan fingerprint density at radius 2 is 1.89 bits per heavy atom. The fourth-order valence-electron chi connectivity index (χ4n) is 2.60. The molecule has 0 bridgehead atoms. The molecule has 0 saturated carbocycles. The van der Waals surface area contributed by atoms with Crippen LogP contribution in [0.5, 0.6) is 11.5 Å². The Kier molecular flexibility index (Phi) is 5.03. The summed E-state index contributed by atoms with van der Waals surface area (Å²) in [5.74, 6) is -0.901. The number of benzene rings is 2. The predicted octanol–water partition coefficient (Wildman–Crippen LogP) is 4.51. The minimum atomic E-state index is -0.946. The van der Waals surface area contributed by atoms with Gasteiger partial charge >= 0.3 is 0 Å². The third kappa shape index (κ3) is 4.01. The first-order chi connectivity index (χ1) is 13.6. The number of aromatic nitrogens is 1. The second kappa shape index (κ2) is 7.77. The largest absolute Gasteiger partial charge is 0.486 e. The molecule has 1 aliphatic heterocycles. The van der Waals surface area contributed by atoms with Crippen molar-refractivity contribution in [3.8, 4) is 22.8 Å². The molecule has 0 unspecified atom stereocenters. The Hall–Kier alpha value is -3.26. The number of nitrogens with one attached hydrogen (secondary N) is 1. The monoisotopic (exact) mass is 400 g/mol. The summed E-state index contributed by atoms with van der Waals surface area (Å²) in [7, 11) is 0. The Labute approximate surface area is 163 Å². The molecule has 1 amide bonds.